The monoisotopic (exact) mass is 249 g/mol. The summed E-state index contributed by atoms with van der Waals surface area (Å²) >= 11 is 1.59. The van der Waals surface area contributed by atoms with Crippen LogP contribution < -0.4 is 5.32 Å². The molecule has 5 nitrogen and oxygen atoms in total. The summed E-state index contributed by atoms with van der Waals surface area (Å²) in [6.45, 7) is 5.24. The van der Waals surface area contributed by atoms with Gasteiger partial charge in [-0.2, -0.15) is 10.2 Å². The van der Waals surface area contributed by atoms with Crippen LogP contribution in [0.4, 0.5) is 0 Å². The van der Waals surface area contributed by atoms with Crippen LogP contribution in [-0.2, 0) is 0 Å². The van der Waals surface area contributed by atoms with Crippen molar-refractivity contribution in [3.05, 3.63) is 23.5 Å². The Kier molecular flexibility index (Phi) is 4.11. The average molecular weight is 249 g/mol. The summed E-state index contributed by atoms with van der Waals surface area (Å²) in [6.07, 6.45) is 4.48. The molecule has 6 heteroatoms. The smallest absolute Gasteiger partial charge is 0.149 e. The summed E-state index contributed by atoms with van der Waals surface area (Å²) in [5, 5.41) is 21.3. The molecule has 0 aromatic carbocycles. The predicted molar refractivity (Wildman–Crippen MR) is 67.6 cm³/mol. The van der Waals surface area contributed by atoms with E-state index in [1.165, 1.54) is 0 Å². The fourth-order valence-corrected chi connectivity index (χ4v) is 2.25. The number of hydrogen-bond acceptors (Lipinski definition) is 6. The molecular weight excluding hydrogens is 234 g/mol. The second-order valence-corrected chi connectivity index (χ2v) is 4.76. The zero-order valence-electron chi connectivity index (χ0n) is 9.92. The molecule has 1 N–H and O–H groups in total. The fraction of sp³-hybridized carbons (Fsp3) is 0.455. The molecule has 90 valence electrons. The molecule has 0 saturated heterocycles. The summed E-state index contributed by atoms with van der Waals surface area (Å²) in [6, 6.07) is 2.14. The first-order valence-electron chi connectivity index (χ1n) is 5.65. The Morgan fingerprint density at radius 1 is 1.35 bits per heavy atom. The van der Waals surface area contributed by atoms with E-state index in [1.807, 2.05) is 6.07 Å². The number of nitrogens with zero attached hydrogens (tertiary/aromatic N) is 4. The van der Waals surface area contributed by atoms with E-state index in [0.29, 0.717) is 0 Å². The van der Waals surface area contributed by atoms with E-state index in [-0.39, 0.29) is 6.04 Å². The van der Waals surface area contributed by atoms with Gasteiger partial charge in [-0.25, -0.2) is 0 Å². The average Bonchev–Trinajstić information content (AvgIpc) is 2.86. The molecule has 0 fully saturated rings. The Hall–Kier alpha value is -1.40. The normalized spacial score (nSPS) is 12.6. The second kappa shape index (κ2) is 5.79. The molecule has 0 aliphatic heterocycles. The maximum atomic E-state index is 4.20. The van der Waals surface area contributed by atoms with E-state index in [1.54, 1.807) is 23.7 Å². The highest BCUT2D eigenvalue weighted by Gasteiger charge is 2.12. The lowest BCUT2D eigenvalue weighted by Gasteiger charge is -2.08. The van der Waals surface area contributed by atoms with Crippen LogP contribution in [0.5, 0.6) is 0 Å². The third kappa shape index (κ3) is 3.04. The predicted octanol–water partition coefficient (Wildman–Crippen LogP) is 2.06. The van der Waals surface area contributed by atoms with E-state index in [2.05, 4.69) is 39.6 Å². The van der Waals surface area contributed by atoms with Crippen molar-refractivity contribution in [1.29, 1.82) is 0 Å². The van der Waals surface area contributed by atoms with Crippen molar-refractivity contribution in [2.24, 2.45) is 0 Å². The van der Waals surface area contributed by atoms with E-state index >= 15 is 0 Å². The van der Waals surface area contributed by atoms with Crippen LogP contribution >= 0.6 is 11.3 Å². The van der Waals surface area contributed by atoms with Crippen LogP contribution in [0.3, 0.4) is 0 Å². The third-order valence-electron chi connectivity index (χ3n) is 2.34. The fourth-order valence-electron chi connectivity index (χ4n) is 1.39. The minimum Gasteiger partial charge on any atom is -0.308 e. The zero-order valence-corrected chi connectivity index (χ0v) is 10.7. The first kappa shape index (κ1) is 12.1. The quantitative estimate of drug-likeness (QED) is 0.878. The lowest BCUT2D eigenvalue weighted by Crippen LogP contribution is -2.18. The van der Waals surface area contributed by atoms with Gasteiger partial charge in [-0.3, -0.25) is 0 Å². The van der Waals surface area contributed by atoms with Crippen LogP contribution in [0.15, 0.2) is 18.5 Å². The Morgan fingerprint density at radius 2 is 2.24 bits per heavy atom. The molecule has 0 amide bonds. The van der Waals surface area contributed by atoms with E-state index < -0.39 is 0 Å². The molecule has 17 heavy (non-hydrogen) atoms. The van der Waals surface area contributed by atoms with Gasteiger partial charge < -0.3 is 5.32 Å². The second-order valence-electron chi connectivity index (χ2n) is 3.75. The van der Waals surface area contributed by atoms with Crippen molar-refractivity contribution in [3.8, 4) is 10.6 Å². The number of hydrogen-bond donors (Lipinski definition) is 1. The van der Waals surface area contributed by atoms with E-state index in [0.717, 1.165) is 28.5 Å². The van der Waals surface area contributed by atoms with Crippen molar-refractivity contribution in [1.82, 2.24) is 25.7 Å². The molecule has 2 rings (SSSR count). The molecule has 2 aromatic rings. The van der Waals surface area contributed by atoms with Crippen LogP contribution in [0.2, 0.25) is 0 Å². The lowest BCUT2D eigenvalue weighted by atomic mass is 10.3. The van der Waals surface area contributed by atoms with Crippen molar-refractivity contribution in [2.45, 2.75) is 26.3 Å². The lowest BCUT2D eigenvalue weighted by molar-refractivity contribution is 0.564. The molecule has 0 saturated carbocycles. The Balaban J connectivity index is 2.11. The van der Waals surface area contributed by atoms with Gasteiger partial charge in [0.25, 0.3) is 0 Å². The molecule has 0 spiro atoms. The summed E-state index contributed by atoms with van der Waals surface area (Å²) in [4.78, 5) is 0. The molecule has 0 aliphatic rings. The molecule has 1 atom stereocenters. The summed E-state index contributed by atoms with van der Waals surface area (Å²) < 4.78 is 0. The van der Waals surface area contributed by atoms with E-state index in [4.69, 9.17) is 0 Å². The first-order chi connectivity index (χ1) is 8.31. The molecule has 2 heterocycles. The number of nitrogens with one attached hydrogen (secondary N) is 1. The molecule has 1 unspecified atom stereocenters. The largest absolute Gasteiger partial charge is 0.308 e. The van der Waals surface area contributed by atoms with Crippen LogP contribution in [0.1, 0.15) is 31.3 Å². The standard InChI is InChI=1S/C11H15N5S/c1-3-5-12-8(2)10-15-16-11(17-10)9-4-6-13-14-7-9/h4,6-8,12H,3,5H2,1-2H3. The minimum absolute atomic E-state index is 0.246. The molecule has 0 aliphatic carbocycles. The topological polar surface area (TPSA) is 63.6 Å². The summed E-state index contributed by atoms with van der Waals surface area (Å²) in [7, 11) is 0. The molecule has 0 bridgehead atoms. The van der Waals surface area contributed by atoms with Gasteiger partial charge in [0.05, 0.1) is 18.4 Å². The van der Waals surface area contributed by atoms with Crippen molar-refractivity contribution < 1.29 is 0 Å². The van der Waals surface area contributed by atoms with Crippen molar-refractivity contribution >= 4 is 11.3 Å². The van der Waals surface area contributed by atoms with Gasteiger partial charge in [-0.1, -0.05) is 18.3 Å². The van der Waals surface area contributed by atoms with Crippen LogP contribution in [0.25, 0.3) is 10.6 Å². The van der Waals surface area contributed by atoms with E-state index in [9.17, 15) is 0 Å². The van der Waals surface area contributed by atoms with Gasteiger partial charge in [0.15, 0.2) is 0 Å². The highest BCUT2D eigenvalue weighted by atomic mass is 32.1. The van der Waals surface area contributed by atoms with Gasteiger partial charge in [0.1, 0.15) is 10.0 Å². The van der Waals surface area contributed by atoms with Gasteiger partial charge in [0.2, 0.25) is 0 Å². The van der Waals surface area contributed by atoms with Gasteiger partial charge in [-0.15, -0.1) is 10.2 Å². The minimum atomic E-state index is 0.246. The Morgan fingerprint density at radius 3 is 2.94 bits per heavy atom. The molecule has 0 radical (unpaired) electrons. The number of aromatic nitrogens is 4. The zero-order chi connectivity index (χ0) is 12.1. The van der Waals surface area contributed by atoms with Gasteiger partial charge in [-0.05, 0) is 26.0 Å². The van der Waals surface area contributed by atoms with Crippen LogP contribution in [-0.4, -0.2) is 26.9 Å². The van der Waals surface area contributed by atoms with Crippen molar-refractivity contribution in [3.63, 3.8) is 0 Å². The first-order valence-corrected chi connectivity index (χ1v) is 6.46. The van der Waals surface area contributed by atoms with Crippen LogP contribution in [0, 0.1) is 0 Å². The maximum Gasteiger partial charge on any atom is 0.149 e. The number of rotatable bonds is 5. The van der Waals surface area contributed by atoms with Gasteiger partial charge >= 0.3 is 0 Å². The molecular formula is C11H15N5S. The highest BCUT2D eigenvalue weighted by Crippen LogP contribution is 2.25. The highest BCUT2D eigenvalue weighted by molar-refractivity contribution is 7.14. The SMILES string of the molecule is CCCNC(C)c1nnc(-c2ccnnc2)s1. The summed E-state index contributed by atoms with van der Waals surface area (Å²) in [5.41, 5.74) is 0.964. The Labute approximate surface area is 104 Å². The maximum absolute atomic E-state index is 4.20. The van der Waals surface area contributed by atoms with Gasteiger partial charge in [0, 0.05) is 5.56 Å². The summed E-state index contributed by atoms with van der Waals surface area (Å²) in [5.74, 6) is 0. The van der Waals surface area contributed by atoms with Crippen molar-refractivity contribution in [2.75, 3.05) is 6.54 Å². The molecule has 2 aromatic heterocycles. The third-order valence-corrected chi connectivity index (χ3v) is 3.50. The Bertz CT molecular complexity index is 456.